The standard InChI is InChI=1S/C20H23N3O2S/c1-4-25-15-9-8-13(10-16(15)24-3)11-23(2)19-18-14-6-5-7-17(14)26-20(18)22-12-21-19/h8-10,12H,4-7,11H2,1-3H3. The highest BCUT2D eigenvalue weighted by Crippen LogP contribution is 2.40. The third kappa shape index (κ3) is 2.98. The summed E-state index contributed by atoms with van der Waals surface area (Å²) in [7, 11) is 3.76. The second-order valence-electron chi connectivity index (χ2n) is 6.51. The van der Waals surface area contributed by atoms with Crippen molar-refractivity contribution in [2.75, 3.05) is 25.7 Å². The van der Waals surface area contributed by atoms with Crippen molar-refractivity contribution >= 4 is 27.4 Å². The number of ether oxygens (including phenoxy) is 2. The van der Waals surface area contributed by atoms with Crippen molar-refractivity contribution in [3.8, 4) is 11.5 Å². The molecule has 2 heterocycles. The maximum absolute atomic E-state index is 5.61. The topological polar surface area (TPSA) is 47.5 Å². The van der Waals surface area contributed by atoms with Crippen LogP contribution in [-0.2, 0) is 19.4 Å². The van der Waals surface area contributed by atoms with Gasteiger partial charge in [0.25, 0.3) is 0 Å². The molecule has 1 aromatic carbocycles. The fraction of sp³-hybridized carbons (Fsp3) is 0.400. The maximum Gasteiger partial charge on any atom is 0.161 e. The minimum absolute atomic E-state index is 0.623. The molecule has 0 bridgehead atoms. The molecule has 0 saturated heterocycles. The molecule has 136 valence electrons. The first-order valence-corrected chi connectivity index (χ1v) is 9.79. The zero-order chi connectivity index (χ0) is 18.1. The lowest BCUT2D eigenvalue weighted by atomic mass is 10.1. The summed E-state index contributed by atoms with van der Waals surface area (Å²) in [5, 5.41) is 1.24. The number of nitrogens with zero attached hydrogens (tertiary/aromatic N) is 3. The predicted molar refractivity (Wildman–Crippen MR) is 106 cm³/mol. The number of thiophene rings is 1. The number of hydrogen-bond donors (Lipinski definition) is 0. The van der Waals surface area contributed by atoms with Gasteiger partial charge in [0.1, 0.15) is 17.0 Å². The van der Waals surface area contributed by atoms with Crippen LogP contribution >= 0.6 is 11.3 Å². The zero-order valence-electron chi connectivity index (χ0n) is 15.4. The average molecular weight is 369 g/mol. The smallest absolute Gasteiger partial charge is 0.161 e. The lowest BCUT2D eigenvalue weighted by Gasteiger charge is -2.20. The van der Waals surface area contributed by atoms with Crippen molar-refractivity contribution in [3.05, 3.63) is 40.5 Å². The largest absolute Gasteiger partial charge is 0.493 e. The van der Waals surface area contributed by atoms with Crippen LogP contribution in [0.25, 0.3) is 10.2 Å². The van der Waals surface area contributed by atoms with Crippen molar-refractivity contribution in [1.82, 2.24) is 9.97 Å². The molecule has 1 aliphatic carbocycles. The molecule has 6 heteroatoms. The molecule has 26 heavy (non-hydrogen) atoms. The van der Waals surface area contributed by atoms with Gasteiger partial charge in [-0.05, 0) is 49.4 Å². The molecule has 0 fully saturated rings. The Morgan fingerprint density at radius 2 is 2.08 bits per heavy atom. The van der Waals surface area contributed by atoms with Crippen molar-refractivity contribution in [2.24, 2.45) is 0 Å². The highest BCUT2D eigenvalue weighted by Gasteiger charge is 2.22. The summed E-state index contributed by atoms with van der Waals surface area (Å²) in [4.78, 5) is 13.9. The lowest BCUT2D eigenvalue weighted by Crippen LogP contribution is -2.18. The van der Waals surface area contributed by atoms with Gasteiger partial charge in [-0.15, -0.1) is 11.3 Å². The molecule has 0 spiro atoms. The van der Waals surface area contributed by atoms with Gasteiger partial charge in [-0.25, -0.2) is 9.97 Å². The Labute approximate surface area is 157 Å². The van der Waals surface area contributed by atoms with Crippen LogP contribution in [0.5, 0.6) is 11.5 Å². The number of benzene rings is 1. The molecular weight excluding hydrogens is 346 g/mol. The number of aryl methyl sites for hydroxylation is 2. The van der Waals surface area contributed by atoms with Crippen molar-refractivity contribution in [2.45, 2.75) is 32.7 Å². The number of methoxy groups -OCH3 is 1. The van der Waals surface area contributed by atoms with Crippen LogP contribution in [-0.4, -0.2) is 30.7 Å². The Morgan fingerprint density at radius 3 is 2.88 bits per heavy atom. The highest BCUT2D eigenvalue weighted by molar-refractivity contribution is 7.19. The van der Waals surface area contributed by atoms with E-state index in [0.717, 1.165) is 40.7 Å². The summed E-state index contributed by atoms with van der Waals surface area (Å²) < 4.78 is 11.1. The highest BCUT2D eigenvalue weighted by atomic mass is 32.1. The van der Waals surface area contributed by atoms with E-state index in [1.165, 1.54) is 28.7 Å². The summed E-state index contributed by atoms with van der Waals surface area (Å²) in [5.41, 5.74) is 2.61. The van der Waals surface area contributed by atoms with Crippen LogP contribution in [0, 0.1) is 0 Å². The van der Waals surface area contributed by atoms with Crippen LogP contribution in [0.1, 0.15) is 29.3 Å². The first kappa shape index (κ1) is 17.1. The van der Waals surface area contributed by atoms with Crippen LogP contribution < -0.4 is 14.4 Å². The Morgan fingerprint density at radius 1 is 1.19 bits per heavy atom. The summed E-state index contributed by atoms with van der Waals surface area (Å²) in [5.74, 6) is 2.56. The molecule has 1 aliphatic rings. The Kier molecular flexibility index (Phi) is 4.68. The number of anilines is 1. The van der Waals surface area contributed by atoms with Gasteiger partial charge in [-0.3, -0.25) is 0 Å². The van der Waals surface area contributed by atoms with Gasteiger partial charge < -0.3 is 14.4 Å². The fourth-order valence-electron chi connectivity index (χ4n) is 3.64. The number of hydrogen-bond acceptors (Lipinski definition) is 6. The second kappa shape index (κ2) is 7.11. The normalized spacial score (nSPS) is 13.0. The average Bonchev–Trinajstić information content (AvgIpc) is 3.23. The van der Waals surface area contributed by atoms with Crippen molar-refractivity contribution in [3.63, 3.8) is 0 Å². The van der Waals surface area contributed by atoms with E-state index in [2.05, 4.69) is 28.0 Å². The molecule has 0 N–H and O–H groups in total. The zero-order valence-corrected chi connectivity index (χ0v) is 16.2. The van der Waals surface area contributed by atoms with Crippen molar-refractivity contribution < 1.29 is 9.47 Å². The minimum atomic E-state index is 0.623. The first-order chi connectivity index (χ1) is 12.7. The van der Waals surface area contributed by atoms with Gasteiger partial charge in [0.05, 0.1) is 19.1 Å². The predicted octanol–water partition coefficient (Wildman–Crippen LogP) is 4.22. The molecule has 3 aromatic rings. The van der Waals surface area contributed by atoms with Gasteiger partial charge >= 0.3 is 0 Å². The molecule has 0 radical (unpaired) electrons. The number of rotatable bonds is 6. The van der Waals surface area contributed by atoms with Crippen molar-refractivity contribution in [1.29, 1.82) is 0 Å². The van der Waals surface area contributed by atoms with E-state index < -0.39 is 0 Å². The van der Waals surface area contributed by atoms with Gasteiger partial charge in [-0.2, -0.15) is 0 Å². The third-order valence-corrected chi connectivity index (χ3v) is 5.99. The molecular formula is C20H23N3O2S. The summed E-state index contributed by atoms with van der Waals surface area (Å²) in [6.07, 6.45) is 5.24. The van der Waals surface area contributed by atoms with Gasteiger partial charge in [-0.1, -0.05) is 6.07 Å². The maximum atomic E-state index is 5.61. The number of aromatic nitrogens is 2. The fourth-order valence-corrected chi connectivity index (χ4v) is 4.86. The van der Waals surface area contributed by atoms with E-state index in [4.69, 9.17) is 9.47 Å². The van der Waals surface area contributed by atoms with E-state index in [1.807, 2.05) is 30.4 Å². The molecule has 5 nitrogen and oxygen atoms in total. The molecule has 2 aromatic heterocycles. The molecule has 0 atom stereocenters. The molecule has 0 aliphatic heterocycles. The summed E-state index contributed by atoms with van der Waals surface area (Å²) in [6, 6.07) is 6.10. The number of fused-ring (bicyclic) bond motifs is 3. The van der Waals surface area contributed by atoms with E-state index in [1.54, 1.807) is 13.4 Å². The Balaban J connectivity index is 1.65. The van der Waals surface area contributed by atoms with Gasteiger partial charge in [0.15, 0.2) is 11.5 Å². The molecule has 0 unspecified atom stereocenters. The van der Waals surface area contributed by atoms with E-state index in [9.17, 15) is 0 Å². The Hall–Kier alpha value is -2.34. The molecule has 0 saturated carbocycles. The summed E-state index contributed by atoms with van der Waals surface area (Å²) >= 11 is 1.82. The molecule has 0 amide bonds. The third-order valence-electron chi connectivity index (χ3n) is 4.79. The van der Waals surface area contributed by atoms with E-state index in [-0.39, 0.29) is 0 Å². The lowest BCUT2D eigenvalue weighted by molar-refractivity contribution is 0.310. The van der Waals surface area contributed by atoms with Crippen LogP contribution in [0.4, 0.5) is 5.82 Å². The van der Waals surface area contributed by atoms with Gasteiger partial charge in [0.2, 0.25) is 0 Å². The monoisotopic (exact) mass is 369 g/mol. The van der Waals surface area contributed by atoms with E-state index >= 15 is 0 Å². The summed E-state index contributed by atoms with van der Waals surface area (Å²) in [6.45, 7) is 3.35. The minimum Gasteiger partial charge on any atom is -0.493 e. The van der Waals surface area contributed by atoms with Gasteiger partial charge in [0, 0.05) is 18.5 Å². The SMILES string of the molecule is CCOc1ccc(CN(C)c2ncnc3sc4c(c23)CCC4)cc1OC. The van der Waals surface area contributed by atoms with E-state index in [0.29, 0.717) is 6.61 Å². The second-order valence-corrected chi connectivity index (χ2v) is 7.59. The van der Waals surface area contributed by atoms with Crippen LogP contribution in [0.2, 0.25) is 0 Å². The van der Waals surface area contributed by atoms with Crippen LogP contribution in [0.15, 0.2) is 24.5 Å². The Bertz CT molecular complexity index is 938. The quantitative estimate of drug-likeness (QED) is 0.651. The van der Waals surface area contributed by atoms with Crippen LogP contribution in [0.3, 0.4) is 0 Å². The molecule has 4 rings (SSSR count). The first-order valence-electron chi connectivity index (χ1n) is 8.97.